The van der Waals surface area contributed by atoms with Crippen LogP contribution in [0.5, 0.6) is 0 Å². The Balaban J connectivity index is 2.50. The minimum atomic E-state index is -0.602. The third-order valence-electron chi connectivity index (χ3n) is 1.16. The lowest BCUT2D eigenvalue weighted by Crippen LogP contribution is -2.26. The van der Waals surface area contributed by atoms with Crippen molar-refractivity contribution < 1.29 is 4.92 Å². The van der Waals surface area contributed by atoms with E-state index in [2.05, 4.69) is 5.10 Å². The third kappa shape index (κ3) is 1.16. The lowest BCUT2D eigenvalue weighted by molar-refractivity contribution is -0.499. The molecule has 0 amide bonds. The van der Waals surface area contributed by atoms with Crippen LogP contribution in [0.2, 0.25) is 0 Å². The van der Waals surface area contributed by atoms with Gasteiger partial charge in [0.1, 0.15) is 6.54 Å². The van der Waals surface area contributed by atoms with E-state index in [0.29, 0.717) is 6.54 Å². The van der Waals surface area contributed by atoms with Gasteiger partial charge in [0.25, 0.3) is 6.04 Å². The molecule has 5 heteroatoms. The zero-order valence-electron chi connectivity index (χ0n) is 5.02. The van der Waals surface area contributed by atoms with Crippen molar-refractivity contribution in [2.45, 2.75) is 6.04 Å². The average molecular weight is 129 g/mol. The van der Waals surface area contributed by atoms with E-state index < -0.39 is 6.04 Å². The summed E-state index contributed by atoms with van der Waals surface area (Å²) in [5.41, 5.74) is 0. The van der Waals surface area contributed by atoms with E-state index in [4.69, 9.17) is 0 Å². The number of hydrogen-bond acceptors (Lipinski definition) is 4. The van der Waals surface area contributed by atoms with E-state index in [1.807, 2.05) is 0 Å². The van der Waals surface area contributed by atoms with Gasteiger partial charge in [0.15, 0.2) is 0 Å². The van der Waals surface area contributed by atoms with Crippen LogP contribution < -0.4 is 0 Å². The van der Waals surface area contributed by atoms with E-state index in [-0.39, 0.29) is 4.92 Å². The molecule has 0 fully saturated rings. The fourth-order valence-corrected chi connectivity index (χ4v) is 0.677. The molecule has 1 rings (SSSR count). The Bertz CT molecular complexity index is 156. The molecular weight excluding hydrogens is 122 g/mol. The summed E-state index contributed by atoms with van der Waals surface area (Å²) in [6, 6.07) is -0.602. The van der Waals surface area contributed by atoms with Gasteiger partial charge in [0, 0.05) is 12.0 Å². The Kier molecular flexibility index (Phi) is 1.33. The van der Waals surface area contributed by atoms with E-state index in [1.165, 1.54) is 6.21 Å². The molecule has 50 valence electrons. The lowest BCUT2D eigenvalue weighted by Gasteiger charge is -2.02. The molecule has 0 saturated heterocycles. The second-order valence-corrected chi connectivity index (χ2v) is 1.96. The highest BCUT2D eigenvalue weighted by molar-refractivity contribution is 5.64. The summed E-state index contributed by atoms with van der Waals surface area (Å²) in [5.74, 6) is 0. The highest BCUT2D eigenvalue weighted by Crippen LogP contribution is 1.98. The summed E-state index contributed by atoms with van der Waals surface area (Å²) in [4.78, 5) is 9.69. The van der Waals surface area contributed by atoms with Crippen LogP contribution in [0.1, 0.15) is 0 Å². The maximum atomic E-state index is 10.0. The molecular formula is C4H7N3O2. The normalized spacial score (nSPS) is 25.0. The predicted octanol–water partition coefficient (Wildman–Crippen LogP) is -0.437. The van der Waals surface area contributed by atoms with Gasteiger partial charge < -0.3 is 0 Å². The quantitative estimate of drug-likeness (QED) is 0.356. The maximum Gasteiger partial charge on any atom is 0.268 e. The molecule has 5 nitrogen and oxygen atoms in total. The molecule has 0 aromatic rings. The summed E-state index contributed by atoms with van der Waals surface area (Å²) in [7, 11) is 1.71. The van der Waals surface area contributed by atoms with Crippen molar-refractivity contribution in [3.05, 3.63) is 10.1 Å². The molecule has 1 atom stereocenters. The van der Waals surface area contributed by atoms with Gasteiger partial charge in [0.2, 0.25) is 0 Å². The number of hydrogen-bond donors (Lipinski definition) is 0. The fourth-order valence-electron chi connectivity index (χ4n) is 0.677. The Hall–Kier alpha value is -1.13. The summed E-state index contributed by atoms with van der Waals surface area (Å²) in [6.07, 6.45) is 1.35. The molecule has 1 aliphatic heterocycles. The molecule has 0 aliphatic carbocycles. The second kappa shape index (κ2) is 2.00. The van der Waals surface area contributed by atoms with Crippen molar-refractivity contribution in [2.75, 3.05) is 13.6 Å². The monoisotopic (exact) mass is 129 g/mol. The second-order valence-electron chi connectivity index (χ2n) is 1.96. The third-order valence-corrected chi connectivity index (χ3v) is 1.16. The highest BCUT2D eigenvalue weighted by Gasteiger charge is 2.23. The number of likely N-dealkylation sites (N-methyl/N-ethyl adjacent to an activating group) is 1. The summed E-state index contributed by atoms with van der Waals surface area (Å²) in [6.45, 7) is 0.396. The summed E-state index contributed by atoms with van der Waals surface area (Å²) < 4.78 is 0. The van der Waals surface area contributed by atoms with Crippen LogP contribution >= 0.6 is 0 Å². The Labute approximate surface area is 52.1 Å². The molecule has 1 aliphatic rings. The molecule has 0 aromatic carbocycles. The summed E-state index contributed by atoms with van der Waals surface area (Å²) in [5, 5.41) is 15.3. The van der Waals surface area contributed by atoms with Crippen LogP contribution in [0.3, 0.4) is 0 Å². The van der Waals surface area contributed by atoms with E-state index in [0.717, 1.165) is 0 Å². The lowest BCUT2D eigenvalue weighted by atomic mass is 10.4. The van der Waals surface area contributed by atoms with Crippen molar-refractivity contribution in [2.24, 2.45) is 5.10 Å². The first-order chi connectivity index (χ1) is 4.20. The Morgan fingerprint density at radius 1 is 2.00 bits per heavy atom. The zero-order chi connectivity index (χ0) is 6.85. The van der Waals surface area contributed by atoms with Crippen LogP contribution in [-0.2, 0) is 0 Å². The maximum absolute atomic E-state index is 10.0. The number of rotatable bonds is 1. The van der Waals surface area contributed by atoms with Crippen LogP contribution in [0.4, 0.5) is 0 Å². The van der Waals surface area contributed by atoms with Gasteiger partial charge in [-0.15, -0.1) is 0 Å². The molecule has 0 aromatic heterocycles. The van der Waals surface area contributed by atoms with E-state index in [9.17, 15) is 10.1 Å². The van der Waals surface area contributed by atoms with Crippen LogP contribution in [0.25, 0.3) is 0 Å². The van der Waals surface area contributed by atoms with Crippen molar-refractivity contribution in [3.8, 4) is 0 Å². The van der Waals surface area contributed by atoms with Crippen molar-refractivity contribution in [3.63, 3.8) is 0 Å². The van der Waals surface area contributed by atoms with Crippen LogP contribution in [-0.4, -0.2) is 35.8 Å². The smallest absolute Gasteiger partial charge is 0.268 e. The number of nitro groups is 1. The standard InChI is InChI=1S/C4H7N3O2/c1-6-3-4(2-5-6)7(8)9/h2,4H,3H2,1H3. The molecule has 0 bridgehead atoms. The number of hydrazone groups is 1. The average Bonchev–Trinajstić information content (AvgIpc) is 2.14. The Morgan fingerprint density at radius 2 is 2.67 bits per heavy atom. The minimum Gasteiger partial charge on any atom is -0.293 e. The molecule has 0 spiro atoms. The molecule has 0 saturated carbocycles. The topological polar surface area (TPSA) is 58.7 Å². The largest absolute Gasteiger partial charge is 0.293 e. The van der Waals surface area contributed by atoms with Gasteiger partial charge in [-0.25, -0.2) is 0 Å². The molecule has 1 unspecified atom stereocenters. The first kappa shape index (κ1) is 6.00. The minimum absolute atomic E-state index is 0.340. The predicted molar refractivity (Wildman–Crippen MR) is 31.9 cm³/mol. The molecule has 0 radical (unpaired) electrons. The first-order valence-electron chi connectivity index (χ1n) is 2.59. The van der Waals surface area contributed by atoms with Crippen LogP contribution in [0, 0.1) is 10.1 Å². The van der Waals surface area contributed by atoms with Gasteiger partial charge in [-0.3, -0.25) is 15.1 Å². The van der Waals surface area contributed by atoms with E-state index in [1.54, 1.807) is 12.1 Å². The van der Waals surface area contributed by atoms with Gasteiger partial charge in [-0.05, 0) is 0 Å². The van der Waals surface area contributed by atoms with Crippen molar-refractivity contribution in [1.29, 1.82) is 0 Å². The Morgan fingerprint density at radius 3 is 2.89 bits per heavy atom. The van der Waals surface area contributed by atoms with Gasteiger partial charge >= 0.3 is 0 Å². The molecule has 0 N–H and O–H groups in total. The SMILES string of the molecule is CN1CC([N+](=O)[O-])C=N1. The summed E-state index contributed by atoms with van der Waals surface area (Å²) >= 11 is 0. The fraction of sp³-hybridized carbons (Fsp3) is 0.750. The van der Waals surface area contributed by atoms with Gasteiger partial charge in [-0.1, -0.05) is 0 Å². The molecule has 1 heterocycles. The molecule has 9 heavy (non-hydrogen) atoms. The van der Waals surface area contributed by atoms with Crippen LogP contribution in [0.15, 0.2) is 5.10 Å². The van der Waals surface area contributed by atoms with Gasteiger partial charge in [-0.2, -0.15) is 5.10 Å². The first-order valence-corrected chi connectivity index (χ1v) is 2.59. The highest BCUT2D eigenvalue weighted by atomic mass is 16.6. The van der Waals surface area contributed by atoms with E-state index >= 15 is 0 Å². The van der Waals surface area contributed by atoms with Crippen molar-refractivity contribution in [1.82, 2.24) is 5.01 Å². The van der Waals surface area contributed by atoms with Gasteiger partial charge in [0.05, 0.1) is 6.21 Å². The van der Waals surface area contributed by atoms with Crippen molar-refractivity contribution >= 4 is 6.21 Å². The zero-order valence-corrected chi connectivity index (χ0v) is 5.02. The number of nitrogens with zero attached hydrogens (tertiary/aromatic N) is 3.